The van der Waals surface area contributed by atoms with E-state index in [1.165, 1.54) is 16.0 Å². The van der Waals surface area contributed by atoms with Gasteiger partial charge in [0.15, 0.2) is 0 Å². The van der Waals surface area contributed by atoms with E-state index in [4.69, 9.17) is 5.73 Å². The number of thiazole rings is 1. The van der Waals surface area contributed by atoms with Crippen LogP contribution >= 0.6 is 22.7 Å². The highest BCUT2D eigenvalue weighted by atomic mass is 32.1. The molecular weight excluding hydrogens is 272 g/mol. The lowest BCUT2D eigenvalue weighted by atomic mass is 10.1. The van der Waals surface area contributed by atoms with Gasteiger partial charge in [-0.1, -0.05) is 30.3 Å². The number of thiophene rings is 1. The Hall–Kier alpha value is -1.49. The van der Waals surface area contributed by atoms with Crippen LogP contribution in [-0.4, -0.2) is 4.98 Å². The van der Waals surface area contributed by atoms with Crippen LogP contribution in [0.2, 0.25) is 0 Å². The van der Waals surface area contributed by atoms with E-state index < -0.39 is 0 Å². The number of aromatic nitrogens is 1. The lowest BCUT2D eigenvalue weighted by molar-refractivity contribution is 0.913. The second kappa shape index (κ2) is 5.25. The average molecular weight is 286 g/mol. The van der Waals surface area contributed by atoms with Crippen molar-refractivity contribution in [2.75, 3.05) is 0 Å². The Morgan fingerprint density at radius 2 is 1.95 bits per heavy atom. The van der Waals surface area contributed by atoms with E-state index in [9.17, 15) is 0 Å². The van der Waals surface area contributed by atoms with E-state index in [0.29, 0.717) is 0 Å². The molecule has 0 amide bonds. The second-order valence-corrected chi connectivity index (χ2v) is 6.42. The molecule has 0 radical (unpaired) electrons. The van der Waals surface area contributed by atoms with Crippen molar-refractivity contribution >= 4 is 22.7 Å². The van der Waals surface area contributed by atoms with E-state index in [1.54, 1.807) is 22.7 Å². The van der Waals surface area contributed by atoms with Crippen LogP contribution in [0.5, 0.6) is 0 Å². The molecule has 3 rings (SSSR count). The van der Waals surface area contributed by atoms with Crippen LogP contribution in [0.3, 0.4) is 0 Å². The highest BCUT2D eigenvalue weighted by Crippen LogP contribution is 2.33. The van der Waals surface area contributed by atoms with Crippen molar-refractivity contribution in [2.45, 2.75) is 13.0 Å². The van der Waals surface area contributed by atoms with Crippen molar-refractivity contribution in [3.63, 3.8) is 0 Å². The van der Waals surface area contributed by atoms with Gasteiger partial charge in [0, 0.05) is 21.5 Å². The van der Waals surface area contributed by atoms with E-state index >= 15 is 0 Å². The molecule has 0 aliphatic rings. The Bertz CT molecular complexity index is 671. The van der Waals surface area contributed by atoms with Gasteiger partial charge >= 0.3 is 0 Å². The van der Waals surface area contributed by atoms with Gasteiger partial charge in [0.25, 0.3) is 0 Å². The molecule has 1 atom stereocenters. The largest absolute Gasteiger partial charge is 0.319 e. The Kier molecular flexibility index (Phi) is 3.46. The van der Waals surface area contributed by atoms with Crippen LogP contribution in [0.25, 0.3) is 10.6 Å². The van der Waals surface area contributed by atoms with Gasteiger partial charge in [0.05, 0.1) is 6.04 Å². The van der Waals surface area contributed by atoms with Crippen LogP contribution in [0, 0.1) is 6.92 Å². The number of hydrogen-bond donors (Lipinski definition) is 1. The molecule has 2 nitrogen and oxygen atoms in total. The van der Waals surface area contributed by atoms with Crippen molar-refractivity contribution in [1.29, 1.82) is 0 Å². The maximum absolute atomic E-state index is 6.27. The summed E-state index contributed by atoms with van der Waals surface area (Å²) in [7, 11) is 0. The van der Waals surface area contributed by atoms with Crippen LogP contribution < -0.4 is 5.73 Å². The molecule has 1 unspecified atom stereocenters. The summed E-state index contributed by atoms with van der Waals surface area (Å²) >= 11 is 3.37. The summed E-state index contributed by atoms with van der Waals surface area (Å²) in [6.07, 6.45) is 1.90. The maximum atomic E-state index is 6.27. The molecule has 0 spiro atoms. The number of nitrogens with zero attached hydrogens (tertiary/aromatic N) is 1. The molecule has 2 N–H and O–H groups in total. The monoisotopic (exact) mass is 286 g/mol. The minimum Gasteiger partial charge on any atom is -0.319 e. The first-order valence-electron chi connectivity index (χ1n) is 6.06. The standard InChI is InChI=1S/C15H14N2S2/c1-10-5-2-3-6-11(10)15-17-9-13(19-15)14(16)12-7-4-8-18-12/h2-9,14H,16H2,1H3. The molecule has 19 heavy (non-hydrogen) atoms. The van der Waals surface area contributed by atoms with Crippen LogP contribution in [0.4, 0.5) is 0 Å². The third-order valence-corrected chi connectivity index (χ3v) is 5.12. The first-order chi connectivity index (χ1) is 9.25. The zero-order valence-electron chi connectivity index (χ0n) is 10.5. The maximum Gasteiger partial charge on any atom is 0.123 e. The van der Waals surface area contributed by atoms with Gasteiger partial charge in [-0.3, -0.25) is 0 Å². The lowest BCUT2D eigenvalue weighted by Crippen LogP contribution is -2.07. The quantitative estimate of drug-likeness (QED) is 0.782. The SMILES string of the molecule is Cc1ccccc1-c1ncc(C(N)c2cccs2)s1. The van der Waals surface area contributed by atoms with Crippen LogP contribution in [0.1, 0.15) is 21.4 Å². The predicted octanol–water partition coefficient (Wildman–Crippen LogP) is 4.23. The number of hydrogen-bond acceptors (Lipinski definition) is 4. The van der Waals surface area contributed by atoms with Gasteiger partial charge < -0.3 is 5.73 Å². The highest BCUT2D eigenvalue weighted by molar-refractivity contribution is 7.15. The molecule has 0 bridgehead atoms. The first-order valence-corrected chi connectivity index (χ1v) is 7.76. The first kappa shape index (κ1) is 12.5. The van der Waals surface area contributed by atoms with E-state index in [1.807, 2.05) is 24.4 Å². The van der Waals surface area contributed by atoms with Crippen LogP contribution in [0.15, 0.2) is 48.0 Å². The van der Waals surface area contributed by atoms with Crippen molar-refractivity contribution < 1.29 is 0 Å². The van der Waals surface area contributed by atoms with Gasteiger partial charge in [0.2, 0.25) is 0 Å². The van der Waals surface area contributed by atoms with Crippen molar-refractivity contribution in [1.82, 2.24) is 4.98 Å². The molecule has 4 heteroatoms. The Morgan fingerprint density at radius 3 is 2.68 bits per heavy atom. The topological polar surface area (TPSA) is 38.9 Å². The Morgan fingerprint density at radius 1 is 1.11 bits per heavy atom. The Labute approximate surface area is 120 Å². The fourth-order valence-corrected chi connectivity index (χ4v) is 3.82. The van der Waals surface area contributed by atoms with Gasteiger partial charge in [0.1, 0.15) is 5.01 Å². The third-order valence-electron chi connectivity index (χ3n) is 3.06. The van der Waals surface area contributed by atoms with Crippen LogP contribution in [-0.2, 0) is 0 Å². The number of benzene rings is 1. The number of aryl methyl sites for hydroxylation is 1. The average Bonchev–Trinajstić information content (AvgIpc) is 3.10. The molecule has 0 aliphatic heterocycles. The highest BCUT2D eigenvalue weighted by Gasteiger charge is 2.14. The third kappa shape index (κ3) is 2.47. The fraction of sp³-hybridized carbons (Fsp3) is 0.133. The fourth-order valence-electron chi connectivity index (χ4n) is 1.98. The molecule has 2 aromatic heterocycles. The zero-order chi connectivity index (χ0) is 13.2. The van der Waals surface area contributed by atoms with Gasteiger partial charge in [-0.05, 0) is 23.9 Å². The molecular formula is C15H14N2S2. The smallest absolute Gasteiger partial charge is 0.123 e. The minimum atomic E-state index is -0.0599. The molecule has 1 aromatic carbocycles. The predicted molar refractivity (Wildman–Crippen MR) is 82.6 cm³/mol. The summed E-state index contributed by atoms with van der Waals surface area (Å²) in [5.41, 5.74) is 8.71. The molecule has 3 aromatic rings. The summed E-state index contributed by atoms with van der Waals surface area (Å²) < 4.78 is 0. The summed E-state index contributed by atoms with van der Waals surface area (Å²) in [4.78, 5) is 6.81. The molecule has 96 valence electrons. The summed E-state index contributed by atoms with van der Waals surface area (Å²) in [6, 6.07) is 12.3. The molecule has 0 saturated carbocycles. The molecule has 0 saturated heterocycles. The normalized spacial score (nSPS) is 12.5. The van der Waals surface area contributed by atoms with Crippen molar-refractivity contribution in [3.05, 3.63) is 63.3 Å². The van der Waals surface area contributed by atoms with E-state index in [0.717, 1.165) is 9.88 Å². The van der Waals surface area contributed by atoms with Crippen molar-refractivity contribution in [3.8, 4) is 10.6 Å². The number of rotatable bonds is 3. The molecule has 0 fully saturated rings. The van der Waals surface area contributed by atoms with E-state index in [2.05, 4.69) is 35.5 Å². The van der Waals surface area contributed by atoms with E-state index in [-0.39, 0.29) is 6.04 Å². The number of nitrogens with two attached hydrogens (primary N) is 1. The summed E-state index contributed by atoms with van der Waals surface area (Å²) in [6.45, 7) is 2.11. The Balaban J connectivity index is 1.94. The molecule has 0 aliphatic carbocycles. The lowest BCUT2D eigenvalue weighted by Gasteiger charge is -2.05. The van der Waals surface area contributed by atoms with Gasteiger partial charge in [-0.15, -0.1) is 22.7 Å². The molecule has 2 heterocycles. The summed E-state index contributed by atoms with van der Waals surface area (Å²) in [5.74, 6) is 0. The minimum absolute atomic E-state index is 0.0599. The second-order valence-electron chi connectivity index (χ2n) is 4.38. The van der Waals surface area contributed by atoms with Gasteiger partial charge in [-0.25, -0.2) is 4.98 Å². The zero-order valence-corrected chi connectivity index (χ0v) is 12.2. The van der Waals surface area contributed by atoms with Crippen molar-refractivity contribution in [2.24, 2.45) is 5.73 Å². The van der Waals surface area contributed by atoms with Gasteiger partial charge in [-0.2, -0.15) is 0 Å². The summed E-state index contributed by atoms with van der Waals surface area (Å²) in [5, 5.41) is 3.10.